The first-order valence-electron chi connectivity index (χ1n) is 18.4. The van der Waals surface area contributed by atoms with Crippen LogP contribution in [0.25, 0.3) is 10.4 Å². The van der Waals surface area contributed by atoms with Crippen LogP contribution in [0.2, 0.25) is 0 Å². The van der Waals surface area contributed by atoms with Crippen molar-refractivity contribution in [3.05, 3.63) is 41.0 Å². The lowest BCUT2D eigenvalue weighted by Gasteiger charge is -2.53. The minimum atomic E-state index is -0.853. The number of aromatic nitrogens is 1. The second-order valence-electron chi connectivity index (χ2n) is 17.2. The number of thiazole rings is 1. The molecule has 280 valence electrons. The lowest BCUT2D eigenvalue weighted by molar-refractivity contribution is -0.144. The molecule has 1 aromatic carbocycles. The molecule has 1 aromatic heterocycles. The van der Waals surface area contributed by atoms with Crippen LogP contribution in [0.4, 0.5) is 4.79 Å². The second kappa shape index (κ2) is 15.2. The lowest BCUT2D eigenvalue weighted by atomic mass is 9.65. The summed E-state index contributed by atoms with van der Waals surface area (Å²) in [5.41, 5.74) is 3.83. The summed E-state index contributed by atoms with van der Waals surface area (Å²) in [7, 11) is 0. The molecule has 11 nitrogen and oxygen atoms in total. The van der Waals surface area contributed by atoms with E-state index >= 15 is 0 Å². The summed E-state index contributed by atoms with van der Waals surface area (Å²) in [6.45, 7) is 16.7. The predicted molar refractivity (Wildman–Crippen MR) is 198 cm³/mol. The first kappa shape index (κ1) is 38.7. The molecule has 12 heteroatoms. The molecule has 3 heterocycles. The molecule has 0 unspecified atom stereocenters. The molecule has 1 aliphatic carbocycles. The molecule has 4 atom stereocenters. The Morgan fingerprint density at radius 3 is 2.25 bits per heavy atom. The molecule has 0 bridgehead atoms. The number of aryl methyl sites for hydroxylation is 1. The van der Waals surface area contributed by atoms with Gasteiger partial charge in [0.25, 0.3) is 0 Å². The SMILES string of the molecule is Cc1ncsc1-c1ccc([C@H](C)NC(=O)[C@@H]2C[C@@H](O)CN2C(=O)[C@@H](NC(=O)CCC2CCC3(CC2)CN(C(=O)OC(C)(C)C)C3)C(C)(C)C)cc1. The van der Waals surface area contributed by atoms with E-state index in [1.54, 1.807) is 16.2 Å². The number of hydrogen-bond acceptors (Lipinski definition) is 8. The number of hydrogen-bond donors (Lipinski definition) is 3. The molecule has 2 saturated heterocycles. The number of aliphatic hydroxyl groups excluding tert-OH is 1. The molecular weight excluding hydrogens is 667 g/mol. The van der Waals surface area contributed by atoms with Gasteiger partial charge >= 0.3 is 6.09 Å². The third-order valence-electron chi connectivity index (χ3n) is 10.7. The number of benzene rings is 1. The Kier molecular flexibility index (Phi) is 11.6. The van der Waals surface area contributed by atoms with Gasteiger partial charge in [-0.3, -0.25) is 14.4 Å². The minimum absolute atomic E-state index is 0.0336. The van der Waals surface area contributed by atoms with Crippen molar-refractivity contribution < 1.29 is 29.0 Å². The first-order chi connectivity index (χ1) is 23.8. The van der Waals surface area contributed by atoms with Crippen molar-refractivity contribution >= 4 is 35.2 Å². The Morgan fingerprint density at radius 2 is 1.69 bits per heavy atom. The normalized spacial score (nSPS) is 21.9. The molecular formula is C39H57N5O6S. The lowest BCUT2D eigenvalue weighted by Crippen LogP contribution is -2.60. The molecule has 1 spiro atoms. The third-order valence-corrected chi connectivity index (χ3v) is 11.7. The fourth-order valence-electron chi connectivity index (χ4n) is 7.70. The van der Waals surface area contributed by atoms with Gasteiger partial charge in [0.05, 0.1) is 28.2 Å². The monoisotopic (exact) mass is 723 g/mol. The number of β-amino-alcohol motifs (C(OH)–C–C–N with tert-alkyl or cyclic N) is 1. The molecule has 51 heavy (non-hydrogen) atoms. The van der Waals surface area contributed by atoms with Crippen molar-refractivity contribution in [2.45, 2.75) is 130 Å². The largest absolute Gasteiger partial charge is 0.444 e. The highest BCUT2D eigenvalue weighted by Crippen LogP contribution is 2.47. The zero-order valence-electron chi connectivity index (χ0n) is 31.6. The number of amides is 4. The van der Waals surface area contributed by atoms with E-state index in [1.807, 2.05) is 85.2 Å². The van der Waals surface area contributed by atoms with Gasteiger partial charge in [-0.15, -0.1) is 11.3 Å². The highest BCUT2D eigenvalue weighted by molar-refractivity contribution is 7.13. The van der Waals surface area contributed by atoms with Crippen LogP contribution in [-0.4, -0.2) is 87.1 Å². The fraction of sp³-hybridized carbons (Fsp3) is 0.667. The molecule has 3 N–H and O–H groups in total. The van der Waals surface area contributed by atoms with Crippen molar-refractivity contribution in [3.63, 3.8) is 0 Å². The van der Waals surface area contributed by atoms with E-state index in [0.29, 0.717) is 12.3 Å². The van der Waals surface area contributed by atoms with Crippen molar-refractivity contribution in [1.29, 1.82) is 0 Å². The van der Waals surface area contributed by atoms with Crippen LogP contribution in [0.1, 0.15) is 111 Å². The van der Waals surface area contributed by atoms with Gasteiger partial charge in [0, 0.05) is 37.9 Å². The Hall–Kier alpha value is -3.51. The van der Waals surface area contributed by atoms with Crippen molar-refractivity contribution in [3.8, 4) is 10.4 Å². The van der Waals surface area contributed by atoms with E-state index in [9.17, 15) is 24.3 Å². The minimum Gasteiger partial charge on any atom is -0.444 e. The maximum Gasteiger partial charge on any atom is 0.410 e. The van der Waals surface area contributed by atoms with Crippen LogP contribution >= 0.6 is 11.3 Å². The van der Waals surface area contributed by atoms with Gasteiger partial charge < -0.3 is 30.3 Å². The zero-order valence-corrected chi connectivity index (χ0v) is 32.4. The van der Waals surface area contributed by atoms with E-state index in [4.69, 9.17) is 4.74 Å². The molecule has 4 amide bonds. The average Bonchev–Trinajstić information content (AvgIpc) is 3.65. The summed E-state index contributed by atoms with van der Waals surface area (Å²) in [6.07, 6.45) is 4.17. The quantitative estimate of drug-likeness (QED) is 0.289. The molecule has 2 aliphatic heterocycles. The van der Waals surface area contributed by atoms with Crippen LogP contribution in [0.3, 0.4) is 0 Å². The van der Waals surface area contributed by atoms with E-state index < -0.39 is 29.2 Å². The molecule has 3 aliphatic rings. The smallest absolute Gasteiger partial charge is 0.410 e. The molecule has 0 radical (unpaired) electrons. The predicted octanol–water partition coefficient (Wildman–Crippen LogP) is 6.00. The van der Waals surface area contributed by atoms with E-state index in [1.165, 1.54) is 4.90 Å². The van der Waals surface area contributed by atoms with Crippen LogP contribution in [-0.2, 0) is 19.1 Å². The van der Waals surface area contributed by atoms with Gasteiger partial charge in [-0.05, 0) is 89.2 Å². The number of likely N-dealkylation sites (tertiary alicyclic amines) is 2. The number of rotatable bonds is 9. The molecule has 3 fully saturated rings. The van der Waals surface area contributed by atoms with Crippen LogP contribution in [0, 0.1) is 23.7 Å². The molecule has 2 aromatic rings. The summed E-state index contributed by atoms with van der Waals surface area (Å²) in [6, 6.07) is 5.99. The van der Waals surface area contributed by atoms with E-state index in [2.05, 4.69) is 15.6 Å². The van der Waals surface area contributed by atoms with Gasteiger partial charge in [0.1, 0.15) is 17.7 Å². The van der Waals surface area contributed by atoms with Gasteiger partial charge in [-0.1, -0.05) is 45.0 Å². The number of nitrogens with zero attached hydrogens (tertiary/aromatic N) is 3. The fourth-order valence-corrected chi connectivity index (χ4v) is 8.51. The van der Waals surface area contributed by atoms with Gasteiger partial charge in [-0.2, -0.15) is 0 Å². The number of nitrogens with one attached hydrogen (secondary N) is 2. The summed E-state index contributed by atoms with van der Waals surface area (Å²) in [4.78, 5) is 62.1. The van der Waals surface area contributed by atoms with E-state index in [0.717, 1.165) is 66.9 Å². The first-order valence-corrected chi connectivity index (χ1v) is 19.3. The summed E-state index contributed by atoms with van der Waals surface area (Å²) in [5, 5.41) is 16.7. The number of carbonyl (C=O) groups excluding carboxylic acids is 4. The van der Waals surface area contributed by atoms with Crippen molar-refractivity contribution in [1.82, 2.24) is 25.4 Å². The Labute approximate surface area is 306 Å². The van der Waals surface area contributed by atoms with Gasteiger partial charge in [0.2, 0.25) is 17.7 Å². The standard InChI is InChI=1S/C39H57N5O6S/c1-24(27-10-12-28(13-11-27)32-25(2)40-23-51-32)41-34(47)30-19-29(45)20-44(30)35(48)33(37(3,4)5)42-31(46)14-9-26-15-17-39(18-16-26)21-43(22-39)36(49)50-38(6,7)8/h10-13,23-24,26,29-30,33,45H,9,14-22H2,1-8H3,(H,41,47)(H,42,46)/t24-,29+,30-,33+/m0/s1. The van der Waals surface area contributed by atoms with Crippen LogP contribution in [0.15, 0.2) is 29.8 Å². The maximum absolute atomic E-state index is 14.1. The topological polar surface area (TPSA) is 141 Å². The summed E-state index contributed by atoms with van der Waals surface area (Å²) >= 11 is 1.59. The van der Waals surface area contributed by atoms with E-state index in [-0.39, 0.29) is 48.2 Å². The maximum atomic E-state index is 14.1. The Morgan fingerprint density at radius 1 is 1.04 bits per heavy atom. The number of ether oxygens (including phenoxy) is 1. The van der Waals surface area contributed by atoms with Gasteiger partial charge in [-0.25, -0.2) is 9.78 Å². The van der Waals surface area contributed by atoms with Crippen LogP contribution in [0.5, 0.6) is 0 Å². The Bertz CT molecular complexity index is 1560. The average molecular weight is 724 g/mol. The summed E-state index contributed by atoms with van der Waals surface area (Å²) in [5.74, 6) is -0.458. The molecule has 1 saturated carbocycles. The van der Waals surface area contributed by atoms with Crippen LogP contribution < -0.4 is 10.6 Å². The molecule has 5 rings (SSSR count). The van der Waals surface area contributed by atoms with Gasteiger partial charge in [0.15, 0.2) is 0 Å². The number of carbonyl (C=O) groups is 4. The highest BCUT2D eigenvalue weighted by Gasteiger charge is 2.48. The Balaban J connectivity index is 1.12. The zero-order chi connectivity index (χ0) is 37.3. The third kappa shape index (κ3) is 9.49. The van der Waals surface area contributed by atoms with Crippen molar-refractivity contribution in [2.75, 3.05) is 19.6 Å². The number of aliphatic hydroxyl groups is 1. The highest BCUT2D eigenvalue weighted by atomic mass is 32.1. The second-order valence-corrected chi connectivity index (χ2v) is 18.1. The van der Waals surface area contributed by atoms with Crippen molar-refractivity contribution in [2.24, 2.45) is 16.7 Å². The summed E-state index contributed by atoms with van der Waals surface area (Å²) < 4.78 is 5.52.